The highest BCUT2D eigenvalue weighted by molar-refractivity contribution is 7.89. The van der Waals surface area contributed by atoms with Crippen molar-refractivity contribution in [2.24, 2.45) is 5.14 Å². The van der Waals surface area contributed by atoms with Gasteiger partial charge in [0.15, 0.2) is 0 Å². The number of benzene rings is 2. The van der Waals surface area contributed by atoms with Crippen molar-refractivity contribution in [1.82, 2.24) is 9.97 Å². The summed E-state index contributed by atoms with van der Waals surface area (Å²) in [5, 5.41) is 8.12. The van der Waals surface area contributed by atoms with Gasteiger partial charge in [0.25, 0.3) is 0 Å². The molecular formula is C17H16N4O3S. The number of ether oxygens (including phenoxy) is 1. The van der Waals surface area contributed by atoms with Crippen molar-refractivity contribution in [3.05, 3.63) is 60.8 Å². The quantitative estimate of drug-likeness (QED) is 0.727. The SMILES string of the molecule is COc1cccc(-c2ccnc(Nc3ccc(S(N)(=O)=O)cc3)n2)c1. The normalized spacial score (nSPS) is 11.1. The van der Waals surface area contributed by atoms with Gasteiger partial charge in [0, 0.05) is 17.4 Å². The number of nitrogens with zero attached hydrogens (tertiary/aromatic N) is 2. The van der Waals surface area contributed by atoms with Crippen molar-refractivity contribution >= 4 is 21.7 Å². The summed E-state index contributed by atoms with van der Waals surface area (Å²) in [6.07, 6.45) is 1.64. The lowest BCUT2D eigenvalue weighted by molar-refractivity contribution is 0.415. The van der Waals surface area contributed by atoms with Crippen LogP contribution in [0.5, 0.6) is 5.75 Å². The first kappa shape index (κ1) is 16.9. The number of sulfonamides is 1. The lowest BCUT2D eigenvalue weighted by Gasteiger charge is -2.08. The van der Waals surface area contributed by atoms with E-state index in [-0.39, 0.29) is 4.90 Å². The number of rotatable bonds is 5. The Labute approximate surface area is 145 Å². The van der Waals surface area contributed by atoms with Gasteiger partial charge in [-0.05, 0) is 42.5 Å². The molecule has 8 heteroatoms. The average Bonchev–Trinajstić information content (AvgIpc) is 2.62. The number of primary sulfonamides is 1. The van der Waals surface area contributed by atoms with E-state index < -0.39 is 10.0 Å². The minimum Gasteiger partial charge on any atom is -0.497 e. The van der Waals surface area contributed by atoms with Gasteiger partial charge in [-0.25, -0.2) is 23.5 Å². The van der Waals surface area contributed by atoms with Gasteiger partial charge in [-0.2, -0.15) is 0 Å². The molecule has 1 aromatic heterocycles. The number of hydrogen-bond acceptors (Lipinski definition) is 6. The minimum atomic E-state index is -3.71. The van der Waals surface area contributed by atoms with Gasteiger partial charge in [0.1, 0.15) is 5.75 Å². The van der Waals surface area contributed by atoms with Crippen molar-refractivity contribution < 1.29 is 13.2 Å². The van der Waals surface area contributed by atoms with Gasteiger partial charge in [-0.15, -0.1) is 0 Å². The zero-order valence-corrected chi connectivity index (χ0v) is 14.2. The molecule has 0 fully saturated rings. The molecule has 0 saturated carbocycles. The van der Waals surface area contributed by atoms with Crippen LogP contribution in [0.25, 0.3) is 11.3 Å². The van der Waals surface area contributed by atoms with Crippen molar-refractivity contribution in [3.63, 3.8) is 0 Å². The van der Waals surface area contributed by atoms with Crippen LogP contribution in [0.15, 0.2) is 65.7 Å². The van der Waals surface area contributed by atoms with Gasteiger partial charge in [-0.3, -0.25) is 0 Å². The molecule has 128 valence electrons. The van der Waals surface area contributed by atoms with E-state index in [2.05, 4.69) is 15.3 Å². The Kier molecular flexibility index (Phi) is 4.64. The highest BCUT2D eigenvalue weighted by Gasteiger charge is 2.08. The van der Waals surface area contributed by atoms with E-state index in [0.29, 0.717) is 11.6 Å². The largest absolute Gasteiger partial charge is 0.497 e. The van der Waals surface area contributed by atoms with Crippen LogP contribution in [0.4, 0.5) is 11.6 Å². The molecule has 1 heterocycles. The Morgan fingerprint density at radius 2 is 1.84 bits per heavy atom. The van der Waals surface area contributed by atoms with Crippen molar-refractivity contribution in [1.29, 1.82) is 0 Å². The van der Waals surface area contributed by atoms with Crippen molar-refractivity contribution in [2.75, 3.05) is 12.4 Å². The Morgan fingerprint density at radius 1 is 1.08 bits per heavy atom. The number of anilines is 2. The van der Waals surface area contributed by atoms with E-state index in [9.17, 15) is 8.42 Å². The Hall–Kier alpha value is -2.97. The van der Waals surface area contributed by atoms with E-state index in [1.165, 1.54) is 12.1 Å². The third-order valence-corrected chi connectivity index (χ3v) is 4.39. The lowest BCUT2D eigenvalue weighted by Crippen LogP contribution is -2.11. The number of nitrogens with two attached hydrogens (primary N) is 1. The first-order valence-electron chi connectivity index (χ1n) is 7.33. The fourth-order valence-electron chi connectivity index (χ4n) is 2.22. The number of nitrogens with one attached hydrogen (secondary N) is 1. The van der Waals surface area contributed by atoms with Crippen LogP contribution in [0, 0.1) is 0 Å². The van der Waals surface area contributed by atoms with Crippen LogP contribution < -0.4 is 15.2 Å². The average molecular weight is 356 g/mol. The molecule has 3 N–H and O–H groups in total. The summed E-state index contributed by atoms with van der Waals surface area (Å²) < 4.78 is 27.8. The Balaban J connectivity index is 1.84. The maximum atomic E-state index is 11.3. The van der Waals surface area contributed by atoms with Gasteiger partial charge in [0.2, 0.25) is 16.0 Å². The van der Waals surface area contributed by atoms with E-state index in [1.54, 1.807) is 31.5 Å². The summed E-state index contributed by atoms with van der Waals surface area (Å²) in [6.45, 7) is 0. The summed E-state index contributed by atoms with van der Waals surface area (Å²) in [5.41, 5.74) is 2.28. The van der Waals surface area contributed by atoms with Crippen LogP contribution in [-0.4, -0.2) is 25.5 Å². The second-order valence-corrected chi connectivity index (χ2v) is 6.75. The second kappa shape index (κ2) is 6.88. The van der Waals surface area contributed by atoms with E-state index in [0.717, 1.165) is 17.0 Å². The topological polar surface area (TPSA) is 107 Å². The standard InChI is InChI=1S/C17H16N4O3S/c1-24-14-4-2-3-12(11-14)16-9-10-19-17(21-16)20-13-5-7-15(8-6-13)25(18,22)23/h2-11H,1H3,(H2,18,22,23)(H,19,20,21). The maximum absolute atomic E-state index is 11.3. The summed E-state index contributed by atoms with van der Waals surface area (Å²) in [6, 6.07) is 15.4. The smallest absolute Gasteiger partial charge is 0.238 e. The molecule has 0 aliphatic heterocycles. The van der Waals surface area contributed by atoms with Crippen molar-refractivity contribution in [3.8, 4) is 17.0 Å². The molecule has 0 unspecified atom stereocenters. The summed E-state index contributed by atoms with van der Waals surface area (Å²) in [5.74, 6) is 1.13. The Bertz CT molecular complexity index is 989. The number of methoxy groups -OCH3 is 1. The predicted molar refractivity (Wildman–Crippen MR) is 95.1 cm³/mol. The molecular weight excluding hydrogens is 340 g/mol. The van der Waals surface area contributed by atoms with E-state index in [4.69, 9.17) is 9.88 Å². The molecule has 0 radical (unpaired) electrons. The van der Waals surface area contributed by atoms with Crippen molar-refractivity contribution in [2.45, 2.75) is 4.90 Å². The fourth-order valence-corrected chi connectivity index (χ4v) is 2.73. The molecule has 0 bridgehead atoms. The molecule has 0 aliphatic rings. The fraction of sp³-hybridized carbons (Fsp3) is 0.0588. The maximum Gasteiger partial charge on any atom is 0.238 e. The molecule has 2 aromatic carbocycles. The monoisotopic (exact) mass is 356 g/mol. The van der Waals surface area contributed by atoms with Gasteiger partial charge in [0.05, 0.1) is 17.7 Å². The van der Waals surface area contributed by atoms with Crippen LogP contribution in [0.2, 0.25) is 0 Å². The highest BCUT2D eigenvalue weighted by atomic mass is 32.2. The molecule has 3 rings (SSSR count). The molecule has 3 aromatic rings. The predicted octanol–water partition coefficient (Wildman–Crippen LogP) is 2.54. The van der Waals surface area contributed by atoms with Gasteiger partial charge < -0.3 is 10.1 Å². The zero-order valence-electron chi connectivity index (χ0n) is 13.4. The second-order valence-electron chi connectivity index (χ2n) is 5.19. The zero-order chi connectivity index (χ0) is 17.9. The third-order valence-electron chi connectivity index (χ3n) is 3.46. The van der Waals surface area contributed by atoms with Gasteiger partial charge in [-0.1, -0.05) is 12.1 Å². The van der Waals surface area contributed by atoms with Crippen LogP contribution in [0.3, 0.4) is 0 Å². The summed E-state index contributed by atoms with van der Waals surface area (Å²) in [4.78, 5) is 8.69. The number of aromatic nitrogens is 2. The van der Waals surface area contributed by atoms with E-state index in [1.807, 2.05) is 24.3 Å². The third kappa shape index (κ3) is 4.11. The molecule has 0 amide bonds. The molecule has 0 aliphatic carbocycles. The molecule has 0 atom stereocenters. The van der Waals surface area contributed by atoms with E-state index >= 15 is 0 Å². The van der Waals surface area contributed by atoms with Crippen LogP contribution in [0.1, 0.15) is 0 Å². The number of hydrogen-bond donors (Lipinski definition) is 2. The summed E-state index contributed by atoms with van der Waals surface area (Å²) >= 11 is 0. The van der Waals surface area contributed by atoms with Crippen LogP contribution >= 0.6 is 0 Å². The molecule has 7 nitrogen and oxygen atoms in total. The molecule has 0 spiro atoms. The minimum absolute atomic E-state index is 0.0455. The summed E-state index contributed by atoms with van der Waals surface area (Å²) in [7, 11) is -2.10. The molecule has 25 heavy (non-hydrogen) atoms. The Morgan fingerprint density at radius 3 is 2.52 bits per heavy atom. The van der Waals surface area contributed by atoms with Crippen LogP contribution in [-0.2, 0) is 10.0 Å². The highest BCUT2D eigenvalue weighted by Crippen LogP contribution is 2.23. The first-order valence-corrected chi connectivity index (χ1v) is 8.88. The molecule has 0 saturated heterocycles. The van der Waals surface area contributed by atoms with Gasteiger partial charge >= 0.3 is 0 Å². The lowest BCUT2D eigenvalue weighted by atomic mass is 10.1. The first-order chi connectivity index (χ1) is 12.0.